The van der Waals surface area contributed by atoms with Crippen molar-refractivity contribution < 1.29 is 0 Å². The van der Waals surface area contributed by atoms with Gasteiger partial charge < -0.3 is 0 Å². The van der Waals surface area contributed by atoms with Crippen molar-refractivity contribution in [2.75, 3.05) is 0 Å². The van der Waals surface area contributed by atoms with Crippen molar-refractivity contribution in [1.29, 1.82) is 0 Å². The quantitative estimate of drug-likeness (QED) is 0.260. The molecule has 0 atom stereocenters. The first-order chi connectivity index (χ1) is 14.1. The number of benzene rings is 3. The van der Waals surface area contributed by atoms with Gasteiger partial charge in [0.25, 0.3) is 5.56 Å². The van der Waals surface area contributed by atoms with Crippen LogP contribution in [0.1, 0.15) is 18.1 Å². The third-order valence-corrected chi connectivity index (χ3v) is 6.29. The largest absolute Gasteiger partial charge is 0.268 e. The minimum Gasteiger partial charge on any atom is -0.268 e. The Morgan fingerprint density at radius 3 is 2.48 bits per heavy atom. The van der Waals surface area contributed by atoms with Crippen molar-refractivity contribution in [2.45, 2.75) is 24.3 Å². The second kappa shape index (κ2) is 8.62. The van der Waals surface area contributed by atoms with E-state index >= 15 is 0 Å². The molecule has 0 radical (unpaired) electrons. The van der Waals surface area contributed by atoms with Gasteiger partial charge in [-0.05, 0) is 53.9 Å². The number of aromatic nitrogens is 2. The molecule has 1 heterocycles. The number of halogens is 2. The normalized spacial score (nSPS) is 11.1. The maximum absolute atomic E-state index is 13.3. The van der Waals surface area contributed by atoms with Crippen LogP contribution in [0.25, 0.3) is 16.6 Å². The maximum atomic E-state index is 13.3. The van der Waals surface area contributed by atoms with Gasteiger partial charge in [0.1, 0.15) is 0 Å². The molecule has 0 aliphatic heterocycles. The van der Waals surface area contributed by atoms with E-state index in [1.165, 1.54) is 17.3 Å². The molecule has 0 unspecified atom stereocenters. The molecule has 0 fully saturated rings. The average molecular weight is 441 g/mol. The van der Waals surface area contributed by atoms with Crippen LogP contribution in [-0.2, 0) is 12.2 Å². The molecule has 0 spiro atoms. The van der Waals surface area contributed by atoms with E-state index in [-0.39, 0.29) is 5.56 Å². The zero-order chi connectivity index (χ0) is 20.4. The van der Waals surface area contributed by atoms with Crippen LogP contribution in [-0.4, -0.2) is 9.55 Å². The Kier molecular flexibility index (Phi) is 5.95. The Bertz CT molecular complexity index is 1240. The van der Waals surface area contributed by atoms with E-state index in [9.17, 15) is 4.79 Å². The Hall–Kier alpha value is -2.27. The zero-order valence-corrected chi connectivity index (χ0v) is 18.1. The molecule has 4 rings (SSSR count). The van der Waals surface area contributed by atoms with Gasteiger partial charge >= 0.3 is 0 Å². The molecule has 0 aliphatic carbocycles. The first kappa shape index (κ1) is 20.0. The molecule has 0 N–H and O–H groups in total. The van der Waals surface area contributed by atoms with Crippen LogP contribution in [0, 0.1) is 0 Å². The topological polar surface area (TPSA) is 34.9 Å². The molecule has 29 heavy (non-hydrogen) atoms. The van der Waals surface area contributed by atoms with Crippen LogP contribution in [0.15, 0.2) is 76.7 Å². The first-order valence-corrected chi connectivity index (χ1v) is 11.0. The van der Waals surface area contributed by atoms with Crippen molar-refractivity contribution in [1.82, 2.24) is 9.55 Å². The molecular formula is C23H18Cl2N2OS. The van der Waals surface area contributed by atoms with E-state index in [1.807, 2.05) is 60.7 Å². The molecule has 3 nitrogen and oxygen atoms in total. The monoisotopic (exact) mass is 440 g/mol. The standard InChI is InChI=1S/C23H18Cl2N2OS/c1-2-15-7-11-18(12-8-15)27-22(28)19-5-3-4-6-21(19)26-23(27)29-14-16-9-10-17(24)13-20(16)25/h3-13H,2,14H2,1H3. The third kappa shape index (κ3) is 4.20. The lowest BCUT2D eigenvalue weighted by Crippen LogP contribution is -2.21. The lowest BCUT2D eigenvalue weighted by atomic mass is 10.1. The smallest absolute Gasteiger partial charge is 0.266 e. The summed E-state index contributed by atoms with van der Waals surface area (Å²) in [4.78, 5) is 18.1. The summed E-state index contributed by atoms with van der Waals surface area (Å²) in [7, 11) is 0. The minimum absolute atomic E-state index is 0.0791. The summed E-state index contributed by atoms with van der Waals surface area (Å²) in [6.45, 7) is 2.11. The van der Waals surface area contributed by atoms with E-state index in [1.54, 1.807) is 10.6 Å². The average Bonchev–Trinajstić information content (AvgIpc) is 2.73. The number of para-hydroxylation sites is 1. The van der Waals surface area contributed by atoms with E-state index in [2.05, 4.69) is 6.92 Å². The summed E-state index contributed by atoms with van der Waals surface area (Å²) in [6.07, 6.45) is 0.946. The molecule has 0 saturated carbocycles. The van der Waals surface area contributed by atoms with Gasteiger partial charge in [0, 0.05) is 15.8 Å². The molecule has 4 aromatic rings. The number of rotatable bonds is 5. The predicted molar refractivity (Wildman–Crippen MR) is 123 cm³/mol. The Morgan fingerprint density at radius 2 is 1.76 bits per heavy atom. The van der Waals surface area contributed by atoms with Crippen molar-refractivity contribution in [3.63, 3.8) is 0 Å². The molecular weight excluding hydrogens is 423 g/mol. The lowest BCUT2D eigenvalue weighted by molar-refractivity contribution is 0.819. The van der Waals surface area contributed by atoms with Crippen molar-refractivity contribution in [3.05, 3.63) is 98.3 Å². The first-order valence-electron chi connectivity index (χ1n) is 9.24. The Labute approximate surface area is 183 Å². The fourth-order valence-corrected chi connectivity index (χ4v) is 4.67. The minimum atomic E-state index is -0.0791. The highest BCUT2D eigenvalue weighted by atomic mass is 35.5. The highest BCUT2D eigenvalue weighted by Gasteiger charge is 2.14. The number of aryl methyl sites for hydroxylation is 1. The van der Waals surface area contributed by atoms with Crippen LogP contribution in [0.3, 0.4) is 0 Å². The molecule has 0 saturated heterocycles. The highest BCUT2D eigenvalue weighted by molar-refractivity contribution is 7.98. The number of nitrogens with zero attached hydrogens (tertiary/aromatic N) is 2. The van der Waals surface area contributed by atoms with Crippen LogP contribution in [0.5, 0.6) is 0 Å². The van der Waals surface area contributed by atoms with Gasteiger partial charge in [-0.1, -0.05) is 72.2 Å². The van der Waals surface area contributed by atoms with Crippen molar-refractivity contribution >= 4 is 45.9 Å². The number of thioether (sulfide) groups is 1. The highest BCUT2D eigenvalue weighted by Crippen LogP contribution is 2.29. The summed E-state index contributed by atoms with van der Waals surface area (Å²) >= 11 is 13.8. The zero-order valence-electron chi connectivity index (χ0n) is 15.7. The summed E-state index contributed by atoms with van der Waals surface area (Å²) in [5.74, 6) is 0.577. The molecule has 0 amide bonds. The summed E-state index contributed by atoms with van der Waals surface area (Å²) < 4.78 is 1.68. The summed E-state index contributed by atoms with van der Waals surface area (Å²) in [5, 5.41) is 2.43. The van der Waals surface area contributed by atoms with Crippen LogP contribution in [0.2, 0.25) is 10.0 Å². The molecule has 3 aromatic carbocycles. The maximum Gasteiger partial charge on any atom is 0.266 e. The van der Waals surface area contributed by atoms with Crippen LogP contribution in [0.4, 0.5) is 0 Å². The van der Waals surface area contributed by atoms with Gasteiger partial charge in [0.15, 0.2) is 5.16 Å². The third-order valence-electron chi connectivity index (χ3n) is 4.72. The second-order valence-corrected chi connectivity index (χ2v) is 8.38. The van der Waals surface area contributed by atoms with Crippen molar-refractivity contribution in [2.24, 2.45) is 0 Å². The van der Waals surface area contributed by atoms with Gasteiger partial charge in [-0.15, -0.1) is 0 Å². The Balaban J connectivity index is 1.81. The summed E-state index contributed by atoms with van der Waals surface area (Å²) in [6, 6.07) is 20.9. The predicted octanol–water partition coefficient (Wildman–Crippen LogP) is 6.55. The van der Waals surface area contributed by atoms with Gasteiger partial charge in [-0.2, -0.15) is 0 Å². The van der Waals surface area contributed by atoms with Gasteiger partial charge in [-0.25, -0.2) is 4.98 Å². The second-order valence-electron chi connectivity index (χ2n) is 6.60. The van der Waals surface area contributed by atoms with Gasteiger partial charge in [0.05, 0.1) is 16.6 Å². The fourth-order valence-electron chi connectivity index (χ4n) is 3.10. The van der Waals surface area contributed by atoms with E-state index in [0.29, 0.717) is 31.9 Å². The van der Waals surface area contributed by atoms with Crippen molar-refractivity contribution in [3.8, 4) is 5.69 Å². The van der Waals surface area contributed by atoms with Gasteiger partial charge in [-0.3, -0.25) is 9.36 Å². The number of hydrogen-bond donors (Lipinski definition) is 0. The fraction of sp³-hybridized carbons (Fsp3) is 0.130. The van der Waals surface area contributed by atoms with E-state index in [0.717, 1.165) is 17.7 Å². The summed E-state index contributed by atoms with van der Waals surface area (Å²) in [5.41, 5.74) is 3.57. The molecule has 146 valence electrons. The Morgan fingerprint density at radius 1 is 1.00 bits per heavy atom. The molecule has 0 bridgehead atoms. The van der Waals surface area contributed by atoms with Crippen LogP contribution >= 0.6 is 35.0 Å². The number of hydrogen-bond acceptors (Lipinski definition) is 3. The molecule has 6 heteroatoms. The SMILES string of the molecule is CCc1ccc(-n2c(SCc3ccc(Cl)cc3Cl)nc3ccccc3c2=O)cc1. The van der Waals surface area contributed by atoms with E-state index in [4.69, 9.17) is 28.2 Å². The molecule has 1 aromatic heterocycles. The van der Waals surface area contributed by atoms with Crippen LogP contribution < -0.4 is 5.56 Å². The lowest BCUT2D eigenvalue weighted by Gasteiger charge is -2.14. The van der Waals surface area contributed by atoms with E-state index < -0.39 is 0 Å². The van der Waals surface area contributed by atoms with Gasteiger partial charge in [0.2, 0.25) is 0 Å². The molecule has 0 aliphatic rings. The number of fused-ring (bicyclic) bond motifs is 1.